The lowest BCUT2D eigenvalue weighted by molar-refractivity contribution is -0.119. The first kappa shape index (κ1) is 20.8. The van der Waals surface area contributed by atoms with Gasteiger partial charge < -0.3 is 20.3 Å². The van der Waals surface area contributed by atoms with Crippen LogP contribution < -0.4 is 10.6 Å². The summed E-state index contributed by atoms with van der Waals surface area (Å²) in [5.41, 5.74) is 2.98. The van der Waals surface area contributed by atoms with Crippen molar-refractivity contribution in [1.82, 2.24) is 20.1 Å². The van der Waals surface area contributed by atoms with Crippen molar-refractivity contribution < 1.29 is 9.90 Å². The zero-order valence-electron chi connectivity index (χ0n) is 18.2. The van der Waals surface area contributed by atoms with Crippen molar-refractivity contribution in [2.75, 3.05) is 5.32 Å². The molecule has 32 heavy (non-hydrogen) atoms. The van der Waals surface area contributed by atoms with Crippen LogP contribution >= 0.6 is 0 Å². The van der Waals surface area contributed by atoms with E-state index in [0.717, 1.165) is 55.0 Å². The normalized spacial score (nSPS) is 23.1. The summed E-state index contributed by atoms with van der Waals surface area (Å²) in [6.45, 7) is 1.89. The summed E-state index contributed by atoms with van der Waals surface area (Å²) in [5, 5.41) is 25.5. The van der Waals surface area contributed by atoms with Crippen LogP contribution in [0.2, 0.25) is 0 Å². The van der Waals surface area contributed by atoms with Gasteiger partial charge in [0, 0.05) is 24.2 Å². The van der Waals surface area contributed by atoms with Gasteiger partial charge in [-0.3, -0.25) is 4.79 Å². The number of nitrogens with zero attached hydrogens (tertiary/aromatic N) is 3. The first-order valence-electron chi connectivity index (χ1n) is 11.4. The highest BCUT2D eigenvalue weighted by Gasteiger charge is 2.31. The second-order valence-corrected chi connectivity index (χ2v) is 8.88. The Balaban J connectivity index is 1.15. The van der Waals surface area contributed by atoms with Crippen molar-refractivity contribution in [2.45, 2.75) is 63.3 Å². The van der Waals surface area contributed by atoms with Crippen LogP contribution in [0.5, 0.6) is 0 Å². The second kappa shape index (κ2) is 8.84. The molecule has 1 fully saturated rings. The van der Waals surface area contributed by atoms with Crippen molar-refractivity contribution in [3.8, 4) is 0 Å². The Kier molecular flexibility index (Phi) is 5.76. The number of hydrogen-bond acceptors (Lipinski definition) is 5. The van der Waals surface area contributed by atoms with Crippen molar-refractivity contribution in [3.05, 3.63) is 77.4 Å². The number of carbonyl (C=O) groups is 1. The van der Waals surface area contributed by atoms with E-state index < -0.39 is 6.10 Å². The molecular weight excluding hydrogens is 402 g/mol. The van der Waals surface area contributed by atoms with Crippen LogP contribution in [-0.2, 0) is 17.6 Å². The second-order valence-electron chi connectivity index (χ2n) is 8.88. The van der Waals surface area contributed by atoms with E-state index in [4.69, 9.17) is 0 Å². The standard InChI is InChI=1S/C25H29N5O2/c1-16-28-29-23-14-13-22(30(16)23)25(32)27-19-9-7-17(8-10-19)15-20-11-12-21(26-20)24(31)18-5-3-2-4-6-18/h2-10,20-22,24,26,31H,11-15H2,1H3,(H,27,32)/t20-,21+,22-,24+/m0/s1. The topological polar surface area (TPSA) is 92.1 Å². The minimum absolute atomic E-state index is 0.0189. The highest BCUT2D eigenvalue weighted by atomic mass is 16.3. The van der Waals surface area contributed by atoms with E-state index in [0.29, 0.717) is 6.04 Å². The van der Waals surface area contributed by atoms with Gasteiger partial charge in [-0.2, -0.15) is 0 Å². The third kappa shape index (κ3) is 4.18. The van der Waals surface area contributed by atoms with Gasteiger partial charge in [0.15, 0.2) is 0 Å². The molecule has 3 aromatic rings. The van der Waals surface area contributed by atoms with Gasteiger partial charge in [0.2, 0.25) is 5.91 Å². The molecule has 0 bridgehead atoms. The van der Waals surface area contributed by atoms with Gasteiger partial charge in [-0.25, -0.2) is 0 Å². The summed E-state index contributed by atoms with van der Waals surface area (Å²) in [7, 11) is 0. The van der Waals surface area contributed by atoms with Crippen molar-refractivity contribution >= 4 is 11.6 Å². The zero-order valence-corrected chi connectivity index (χ0v) is 18.2. The molecule has 1 aromatic heterocycles. The zero-order chi connectivity index (χ0) is 22.1. The van der Waals surface area contributed by atoms with Gasteiger partial charge >= 0.3 is 0 Å². The van der Waals surface area contributed by atoms with Crippen LogP contribution in [0.15, 0.2) is 54.6 Å². The summed E-state index contributed by atoms with van der Waals surface area (Å²) < 4.78 is 1.94. The molecule has 0 radical (unpaired) electrons. The Bertz CT molecular complexity index is 1080. The fourth-order valence-corrected chi connectivity index (χ4v) is 5.01. The van der Waals surface area contributed by atoms with Crippen molar-refractivity contribution in [3.63, 3.8) is 0 Å². The summed E-state index contributed by atoms with van der Waals surface area (Å²) in [6, 6.07) is 18.1. The van der Waals surface area contributed by atoms with Gasteiger partial charge in [0.05, 0.1) is 6.10 Å². The Hall–Kier alpha value is -3.03. The monoisotopic (exact) mass is 431 g/mol. The number of aromatic nitrogens is 3. The molecule has 7 nitrogen and oxygen atoms in total. The lowest BCUT2D eigenvalue weighted by atomic mass is 10.0. The van der Waals surface area contributed by atoms with E-state index in [1.807, 2.05) is 54.0 Å². The molecule has 0 spiro atoms. The number of fused-ring (bicyclic) bond motifs is 1. The predicted octanol–water partition coefficient (Wildman–Crippen LogP) is 3.11. The molecule has 3 N–H and O–H groups in total. The van der Waals surface area contributed by atoms with Gasteiger partial charge in [-0.05, 0) is 55.9 Å². The molecule has 0 unspecified atom stereocenters. The number of carbonyl (C=O) groups excluding carboxylic acids is 1. The number of nitrogens with one attached hydrogen (secondary N) is 2. The molecular formula is C25H29N5O2. The average molecular weight is 432 g/mol. The van der Waals surface area contributed by atoms with Crippen LogP contribution in [0.3, 0.4) is 0 Å². The maximum atomic E-state index is 12.8. The van der Waals surface area contributed by atoms with E-state index >= 15 is 0 Å². The highest BCUT2D eigenvalue weighted by Crippen LogP contribution is 2.28. The molecule has 4 atom stereocenters. The van der Waals surface area contributed by atoms with Crippen LogP contribution in [0.1, 0.15) is 54.2 Å². The molecule has 1 amide bonds. The summed E-state index contributed by atoms with van der Waals surface area (Å²) >= 11 is 0. The molecule has 2 aromatic carbocycles. The maximum absolute atomic E-state index is 12.8. The molecule has 2 aliphatic rings. The summed E-state index contributed by atoms with van der Waals surface area (Å²) in [5.74, 6) is 1.65. The van der Waals surface area contributed by atoms with E-state index in [1.165, 1.54) is 5.56 Å². The van der Waals surface area contributed by atoms with Gasteiger partial charge in [0.1, 0.15) is 17.7 Å². The van der Waals surface area contributed by atoms with Crippen LogP contribution in [0, 0.1) is 6.92 Å². The summed E-state index contributed by atoms with van der Waals surface area (Å²) in [4.78, 5) is 12.8. The minimum atomic E-state index is -0.482. The molecule has 1 saturated heterocycles. The minimum Gasteiger partial charge on any atom is -0.387 e. The Morgan fingerprint density at radius 2 is 1.91 bits per heavy atom. The first-order chi connectivity index (χ1) is 15.6. The average Bonchev–Trinajstić information content (AvgIpc) is 3.54. The van der Waals surface area contributed by atoms with Crippen molar-refractivity contribution in [1.29, 1.82) is 0 Å². The number of benzene rings is 2. The number of anilines is 1. The maximum Gasteiger partial charge on any atom is 0.247 e. The van der Waals surface area contributed by atoms with Gasteiger partial charge in [-0.1, -0.05) is 42.5 Å². The molecule has 0 aliphatic carbocycles. The van der Waals surface area contributed by atoms with Crippen LogP contribution in [-0.4, -0.2) is 37.9 Å². The van der Waals surface area contributed by atoms with Crippen LogP contribution in [0.4, 0.5) is 5.69 Å². The number of aryl methyl sites for hydroxylation is 2. The number of aliphatic hydroxyl groups excluding tert-OH is 1. The Morgan fingerprint density at radius 1 is 1.12 bits per heavy atom. The molecule has 0 saturated carbocycles. The van der Waals surface area contributed by atoms with Gasteiger partial charge in [-0.15, -0.1) is 10.2 Å². The highest BCUT2D eigenvalue weighted by molar-refractivity contribution is 5.94. The fraction of sp³-hybridized carbons (Fsp3) is 0.400. The van der Waals surface area contributed by atoms with Crippen LogP contribution in [0.25, 0.3) is 0 Å². The number of aliphatic hydroxyl groups is 1. The fourth-order valence-electron chi connectivity index (χ4n) is 5.01. The number of amides is 1. The number of hydrogen-bond donors (Lipinski definition) is 3. The lowest BCUT2D eigenvalue weighted by Crippen LogP contribution is -2.35. The third-order valence-corrected chi connectivity index (χ3v) is 6.69. The molecule has 7 heteroatoms. The predicted molar refractivity (Wildman–Crippen MR) is 122 cm³/mol. The molecule has 2 aliphatic heterocycles. The smallest absolute Gasteiger partial charge is 0.247 e. The SMILES string of the molecule is Cc1nnc2n1[C@H](C(=O)Nc1ccc(C[C@@H]3CC[C@H]([C@H](O)c4ccccc4)N3)cc1)CC2. The van der Waals surface area contributed by atoms with Gasteiger partial charge in [0.25, 0.3) is 0 Å². The quantitative estimate of drug-likeness (QED) is 0.558. The summed E-state index contributed by atoms with van der Waals surface area (Å²) in [6.07, 6.45) is 3.96. The molecule has 166 valence electrons. The van der Waals surface area contributed by atoms with E-state index in [1.54, 1.807) is 0 Å². The van der Waals surface area contributed by atoms with E-state index in [-0.39, 0.29) is 18.0 Å². The van der Waals surface area contributed by atoms with E-state index in [9.17, 15) is 9.90 Å². The van der Waals surface area contributed by atoms with E-state index in [2.05, 4.69) is 33.0 Å². The molecule has 3 heterocycles. The van der Waals surface area contributed by atoms with Crippen molar-refractivity contribution in [2.24, 2.45) is 0 Å². The third-order valence-electron chi connectivity index (χ3n) is 6.69. The number of rotatable bonds is 6. The Labute approximate surface area is 187 Å². The Morgan fingerprint density at radius 3 is 2.69 bits per heavy atom. The first-order valence-corrected chi connectivity index (χ1v) is 11.4. The lowest BCUT2D eigenvalue weighted by Gasteiger charge is -2.20. The largest absolute Gasteiger partial charge is 0.387 e. The molecule has 5 rings (SSSR count).